The van der Waals surface area contributed by atoms with Crippen LogP contribution in [0, 0.1) is 5.82 Å². The molecule has 2 aromatic rings. The Morgan fingerprint density at radius 1 is 1.45 bits per heavy atom. The fourth-order valence-electron chi connectivity index (χ4n) is 1.97. The number of thioether (sulfide) groups is 1. The van der Waals surface area contributed by atoms with Gasteiger partial charge in [0.1, 0.15) is 5.82 Å². The minimum Gasteiger partial charge on any atom is -0.396 e. The van der Waals surface area contributed by atoms with Gasteiger partial charge in [-0.05, 0) is 42.3 Å². The summed E-state index contributed by atoms with van der Waals surface area (Å²) in [6.45, 7) is -0.0279. The average molecular weight is 340 g/mol. The van der Waals surface area contributed by atoms with Crippen LogP contribution in [-0.2, 0) is 0 Å². The van der Waals surface area contributed by atoms with E-state index in [9.17, 15) is 9.18 Å². The third-order valence-electron chi connectivity index (χ3n) is 3.02. The maximum atomic E-state index is 13.7. The van der Waals surface area contributed by atoms with E-state index in [2.05, 4.69) is 10.6 Å². The Bertz CT molecular complexity index is 620. The number of urea groups is 1. The number of nitrogens with one attached hydrogen (secondary N) is 2. The number of carbonyl (C=O) groups is 1. The Labute approximate surface area is 136 Å². The number of aliphatic hydroxyl groups is 1. The third-order valence-corrected chi connectivity index (χ3v) is 4.78. The van der Waals surface area contributed by atoms with Crippen LogP contribution in [0.5, 0.6) is 0 Å². The lowest BCUT2D eigenvalue weighted by molar-refractivity contribution is 0.239. The highest BCUT2D eigenvalue weighted by molar-refractivity contribution is 7.98. The van der Waals surface area contributed by atoms with Crippen molar-refractivity contribution < 1.29 is 14.3 Å². The minimum atomic E-state index is -0.428. The summed E-state index contributed by atoms with van der Waals surface area (Å²) in [6.07, 6.45) is 2.21. The summed E-state index contributed by atoms with van der Waals surface area (Å²) in [6, 6.07) is 7.67. The van der Waals surface area contributed by atoms with Gasteiger partial charge in [-0.15, -0.1) is 23.1 Å². The van der Waals surface area contributed by atoms with Crippen molar-refractivity contribution in [2.24, 2.45) is 0 Å². The minimum absolute atomic E-state index is 0.0279. The van der Waals surface area contributed by atoms with Crippen LogP contribution < -0.4 is 10.6 Å². The Balaban J connectivity index is 2.00. The molecule has 2 rings (SSSR count). The van der Waals surface area contributed by atoms with E-state index in [0.29, 0.717) is 17.0 Å². The predicted octanol–water partition coefficient (Wildman–Crippen LogP) is 3.85. The van der Waals surface area contributed by atoms with E-state index in [4.69, 9.17) is 5.11 Å². The Morgan fingerprint density at radius 2 is 2.27 bits per heavy atom. The fraction of sp³-hybridized carbons (Fsp3) is 0.267. The first-order valence-electron chi connectivity index (χ1n) is 6.69. The maximum absolute atomic E-state index is 13.7. The number of amides is 2. The number of halogens is 1. The second-order valence-corrected chi connectivity index (χ2v) is 6.36. The highest BCUT2D eigenvalue weighted by Gasteiger charge is 2.15. The van der Waals surface area contributed by atoms with Crippen molar-refractivity contribution in [1.29, 1.82) is 0 Å². The Morgan fingerprint density at radius 3 is 2.86 bits per heavy atom. The molecule has 0 spiro atoms. The van der Waals surface area contributed by atoms with Crippen molar-refractivity contribution in [1.82, 2.24) is 5.32 Å². The van der Waals surface area contributed by atoms with Gasteiger partial charge in [-0.1, -0.05) is 6.07 Å². The third kappa shape index (κ3) is 4.46. The summed E-state index contributed by atoms with van der Waals surface area (Å²) in [4.78, 5) is 13.5. The second-order valence-electron chi connectivity index (χ2n) is 4.53. The first-order valence-corrected chi connectivity index (χ1v) is 8.79. The molecule has 1 aromatic carbocycles. The molecular formula is C15H17FN2O2S2. The lowest BCUT2D eigenvalue weighted by Crippen LogP contribution is -2.32. The van der Waals surface area contributed by atoms with Crippen LogP contribution in [0.2, 0.25) is 0 Å². The molecule has 0 aliphatic rings. The molecule has 0 saturated carbocycles. The lowest BCUT2D eigenvalue weighted by atomic mass is 10.2. The molecular weight excluding hydrogens is 323 g/mol. The van der Waals surface area contributed by atoms with Crippen molar-refractivity contribution in [3.63, 3.8) is 0 Å². The van der Waals surface area contributed by atoms with Gasteiger partial charge in [0.15, 0.2) is 0 Å². The lowest BCUT2D eigenvalue weighted by Gasteiger charge is -2.17. The van der Waals surface area contributed by atoms with E-state index < -0.39 is 6.03 Å². The second kappa shape index (κ2) is 8.17. The molecule has 1 heterocycles. The molecule has 7 heteroatoms. The van der Waals surface area contributed by atoms with Crippen LogP contribution >= 0.6 is 23.1 Å². The summed E-state index contributed by atoms with van der Waals surface area (Å²) in [5, 5.41) is 16.4. The normalized spacial score (nSPS) is 12.0. The van der Waals surface area contributed by atoms with Crippen molar-refractivity contribution in [2.75, 3.05) is 18.2 Å². The summed E-state index contributed by atoms with van der Waals surface area (Å²) >= 11 is 2.82. The number of thiophene rings is 1. The number of hydrogen-bond donors (Lipinski definition) is 3. The van der Waals surface area contributed by atoms with Crippen LogP contribution in [0.25, 0.3) is 0 Å². The van der Waals surface area contributed by atoms with E-state index in [-0.39, 0.29) is 18.5 Å². The van der Waals surface area contributed by atoms with Gasteiger partial charge in [0.2, 0.25) is 0 Å². The van der Waals surface area contributed by atoms with E-state index >= 15 is 0 Å². The highest BCUT2D eigenvalue weighted by Crippen LogP contribution is 2.24. The van der Waals surface area contributed by atoms with Gasteiger partial charge in [0.05, 0.1) is 6.04 Å². The zero-order chi connectivity index (χ0) is 15.9. The van der Waals surface area contributed by atoms with Crippen molar-refractivity contribution in [3.05, 3.63) is 46.4 Å². The maximum Gasteiger partial charge on any atom is 0.319 e. The first kappa shape index (κ1) is 16.8. The standard InChI is InChI=1S/C15H17FN2O2S2/c1-21-13-5-4-10(9-11(13)16)17-15(20)18-12(6-7-19)14-3-2-8-22-14/h2-5,8-9,12,19H,6-7H2,1H3,(H2,17,18,20)/t12-/m1/s1. The monoisotopic (exact) mass is 340 g/mol. The van der Waals surface area contributed by atoms with Gasteiger partial charge in [-0.25, -0.2) is 9.18 Å². The van der Waals surface area contributed by atoms with Gasteiger partial charge in [0.25, 0.3) is 0 Å². The SMILES string of the molecule is CSc1ccc(NC(=O)N[C@H](CCO)c2cccs2)cc1F. The number of rotatable bonds is 6. The summed E-state index contributed by atoms with van der Waals surface area (Å²) in [7, 11) is 0. The van der Waals surface area contributed by atoms with E-state index in [1.165, 1.54) is 29.2 Å². The largest absolute Gasteiger partial charge is 0.396 e. The number of anilines is 1. The number of benzene rings is 1. The van der Waals surface area contributed by atoms with Crippen LogP contribution in [0.3, 0.4) is 0 Å². The molecule has 3 N–H and O–H groups in total. The molecule has 0 aliphatic heterocycles. The summed E-state index contributed by atoms with van der Waals surface area (Å²) in [5.41, 5.74) is 0.390. The Kier molecular flexibility index (Phi) is 6.23. The van der Waals surface area contributed by atoms with Crippen LogP contribution in [0.15, 0.2) is 40.6 Å². The molecule has 1 aromatic heterocycles. The van der Waals surface area contributed by atoms with Gasteiger partial charge in [0, 0.05) is 22.1 Å². The zero-order valence-electron chi connectivity index (χ0n) is 12.0. The molecule has 2 amide bonds. The van der Waals surface area contributed by atoms with Crippen LogP contribution in [-0.4, -0.2) is 24.0 Å². The van der Waals surface area contributed by atoms with Crippen molar-refractivity contribution >= 4 is 34.8 Å². The molecule has 0 unspecified atom stereocenters. The molecule has 4 nitrogen and oxygen atoms in total. The molecule has 0 radical (unpaired) electrons. The number of aliphatic hydroxyl groups excluding tert-OH is 1. The topological polar surface area (TPSA) is 61.4 Å². The van der Waals surface area contributed by atoms with E-state index in [1.807, 2.05) is 17.5 Å². The van der Waals surface area contributed by atoms with Crippen LogP contribution in [0.4, 0.5) is 14.9 Å². The molecule has 22 heavy (non-hydrogen) atoms. The number of hydrogen-bond acceptors (Lipinski definition) is 4. The predicted molar refractivity (Wildman–Crippen MR) is 89.1 cm³/mol. The molecule has 0 fully saturated rings. The van der Waals surface area contributed by atoms with Gasteiger partial charge >= 0.3 is 6.03 Å². The molecule has 0 aliphatic carbocycles. The summed E-state index contributed by atoms with van der Waals surface area (Å²) < 4.78 is 13.7. The van der Waals surface area contributed by atoms with E-state index in [0.717, 1.165) is 4.88 Å². The fourth-order valence-corrected chi connectivity index (χ4v) is 3.24. The Hall–Kier alpha value is -1.57. The molecule has 0 bridgehead atoms. The zero-order valence-corrected chi connectivity index (χ0v) is 13.6. The van der Waals surface area contributed by atoms with Crippen LogP contribution in [0.1, 0.15) is 17.3 Å². The van der Waals surface area contributed by atoms with Gasteiger partial charge < -0.3 is 15.7 Å². The first-order chi connectivity index (χ1) is 10.6. The molecule has 0 saturated heterocycles. The quantitative estimate of drug-likeness (QED) is 0.700. The molecule has 118 valence electrons. The van der Waals surface area contributed by atoms with Crippen molar-refractivity contribution in [2.45, 2.75) is 17.4 Å². The number of carbonyl (C=O) groups excluding carboxylic acids is 1. The molecule has 1 atom stereocenters. The van der Waals surface area contributed by atoms with Crippen molar-refractivity contribution in [3.8, 4) is 0 Å². The summed E-state index contributed by atoms with van der Waals surface area (Å²) in [5.74, 6) is -0.365. The smallest absolute Gasteiger partial charge is 0.319 e. The van der Waals surface area contributed by atoms with Gasteiger partial charge in [-0.2, -0.15) is 0 Å². The van der Waals surface area contributed by atoms with Gasteiger partial charge in [-0.3, -0.25) is 0 Å². The van der Waals surface area contributed by atoms with E-state index in [1.54, 1.807) is 18.4 Å². The highest BCUT2D eigenvalue weighted by atomic mass is 32.2. The average Bonchev–Trinajstić information content (AvgIpc) is 3.01.